The number of amides is 2. The maximum absolute atomic E-state index is 13.7. The Hall–Kier alpha value is -2.67. The van der Waals surface area contributed by atoms with Crippen LogP contribution in [0.1, 0.15) is 49.7 Å². The Labute approximate surface area is 228 Å². The normalized spacial score (nSPS) is 25.7. The molecule has 2 aliphatic carbocycles. The van der Waals surface area contributed by atoms with Crippen molar-refractivity contribution in [1.82, 2.24) is 9.21 Å². The summed E-state index contributed by atoms with van der Waals surface area (Å²) in [5, 5.41) is 12.2. The van der Waals surface area contributed by atoms with Crippen molar-refractivity contribution in [2.24, 2.45) is 11.8 Å². The first-order valence-corrected chi connectivity index (χ1v) is 15.3. The number of hydrogen-bond acceptors (Lipinski definition) is 4. The molecule has 1 saturated heterocycles. The molecule has 2 aromatic rings. The molecular weight excluding hydrogens is 527 g/mol. The Balaban J connectivity index is 1.31. The third-order valence-corrected chi connectivity index (χ3v) is 10.2. The maximum Gasteiger partial charge on any atom is 0.322 e. The molecule has 10 heteroatoms. The van der Waals surface area contributed by atoms with Crippen LogP contribution in [0.2, 0.25) is 5.02 Å². The molecule has 2 aromatic carbocycles. The highest BCUT2D eigenvalue weighted by atomic mass is 35.5. The van der Waals surface area contributed by atoms with Crippen molar-refractivity contribution in [3.63, 3.8) is 0 Å². The molecule has 1 N–H and O–H groups in total. The first-order chi connectivity index (χ1) is 18.1. The Bertz CT molecular complexity index is 1370. The average molecular weight is 559 g/mol. The molecule has 0 radical (unpaired) electrons. The first-order valence-electron chi connectivity index (χ1n) is 13.1. The molecule has 7 nitrogen and oxygen atoms in total. The lowest BCUT2D eigenvalue weighted by Gasteiger charge is -2.40. The number of fused-ring (bicyclic) bond motifs is 1. The quantitative estimate of drug-likeness (QED) is 0.516. The summed E-state index contributed by atoms with van der Waals surface area (Å²) in [6.45, 7) is 1.45. The van der Waals surface area contributed by atoms with E-state index in [9.17, 15) is 22.9 Å². The molecule has 0 aromatic heterocycles. The zero-order chi connectivity index (χ0) is 27.1. The van der Waals surface area contributed by atoms with Gasteiger partial charge in [0.2, 0.25) is 10.0 Å². The van der Waals surface area contributed by atoms with Gasteiger partial charge in [0, 0.05) is 31.4 Å². The summed E-state index contributed by atoms with van der Waals surface area (Å²) in [6, 6.07) is 14.1. The minimum atomic E-state index is -3.23. The van der Waals surface area contributed by atoms with Crippen LogP contribution in [0.4, 0.5) is 14.9 Å². The molecule has 5 rings (SSSR count). The molecule has 3 aliphatic rings. The predicted octanol–water partition coefficient (Wildman–Crippen LogP) is 5.37. The highest BCUT2D eigenvalue weighted by Gasteiger charge is 2.58. The van der Waals surface area contributed by atoms with Crippen molar-refractivity contribution in [1.29, 1.82) is 5.26 Å². The van der Waals surface area contributed by atoms with Crippen LogP contribution >= 0.6 is 11.6 Å². The van der Waals surface area contributed by atoms with Gasteiger partial charge < -0.3 is 10.2 Å². The zero-order valence-corrected chi connectivity index (χ0v) is 22.9. The van der Waals surface area contributed by atoms with E-state index in [0.717, 1.165) is 25.7 Å². The zero-order valence-electron chi connectivity index (χ0n) is 21.4. The monoisotopic (exact) mass is 558 g/mol. The summed E-state index contributed by atoms with van der Waals surface area (Å²) in [5.41, 5.74) is 2.40. The van der Waals surface area contributed by atoms with Crippen LogP contribution in [-0.2, 0) is 15.4 Å². The fraction of sp³-hybridized carbons (Fsp3) is 0.500. The Kier molecular flexibility index (Phi) is 7.42. The number of benzene rings is 2. The lowest BCUT2D eigenvalue weighted by Crippen LogP contribution is -2.49. The number of carbonyl (C=O) groups is 1. The molecule has 1 unspecified atom stereocenters. The van der Waals surface area contributed by atoms with Gasteiger partial charge in [-0.3, -0.25) is 0 Å². The van der Waals surface area contributed by atoms with Crippen LogP contribution in [0.5, 0.6) is 0 Å². The number of urea groups is 1. The summed E-state index contributed by atoms with van der Waals surface area (Å²) in [7, 11) is -3.23. The molecule has 2 amide bonds. The number of hydrogen-bond donors (Lipinski definition) is 1. The van der Waals surface area contributed by atoms with Crippen molar-refractivity contribution in [3.8, 4) is 6.07 Å². The largest absolute Gasteiger partial charge is 0.322 e. The van der Waals surface area contributed by atoms with Gasteiger partial charge in [0.05, 0.1) is 22.9 Å². The highest BCUT2D eigenvalue weighted by molar-refractivity contribution is 7.88. The Morgan fingerprint density at radius 3 is 2.66 bits per heavy atom. The topological polar surface area (TPSA) is 93.5 Å². The number of rotatable bonds is 6. The van der Waals surface area contributed by atoms with Gasteiger partial charge in [-0.05, 0) is 91.7 Å². The third kappa shape index (κ3) is 5.54. The number of nitrogens with one attached hydrogen (secondary N) is 1. The fourth-order valence-electron chi connectivity index (χ4n) is 6.41. The van der Waals surface area contributed by atoms with E-state index < -0.39 is 15.8 Å². The van der Waals surface area contributed by atoms with Crippen LogP contribution < -0.4 is 5.32 Å². The van der Waals surface area contributed by atoms with E-state index in [0.29, 0.717) is 49.6 Å². The number of halogens is 2. The highest BCUT2D eigenvalue weighted by Crippen LogP contribution is 2.63. The van der Waals surface area contributed by atoms with Gasteiger partial charge >= 0.3 is 6.03 Å². The maximum atomic E-state index is 13.7. The van der Waals surface area contributed by atoms with E-state index in [2.05, 4.69) is 17.5 Å². The van der Waals surface area contributed by atoms with E-state index in [-0.39, 0.29) is 28.4 Å². The molecule has 2 saturated carbocycles. The molecule has 202 valence electrons. The second-order valence-electron chi connectivity index (χ2n) is 11.0. The summed E-state index contributed by atoms with van der Waals surface area (Å²) in [4.78, 5) is 15.5. The van der Waals surface area contributed by atoms with E-state index >= 15 is 0 Å². The van der Waals surface area contributed by atoms with Crippen molar-refractivity contribution in [3.05, 3.63) is 64.4 Å². The molecule has 1 aliphatic heterocycles. The molecule has 0 spiro atoms. The molecular formula is C28H32ClFN4O3S. The van der Waals surface area contributed by atoms with Crippen molar-refractivity contribution < 1.29 is 17.6 Å². The van der Waals surface area contributed by atoms with Crippen molar-refractivity contribution in [2.75, 3.05) is 31.2 Å². The minimum Gasteiger partial charge on any atom is -0.321 e. The smallest absolute Gasteiger partial charge is 0.321 e. The second kappa shape index (κ2) is 10.5. The minimum absolute atomic E-state index is 0.0404. The van der Waals surface area contributed by atoms with Gasteiger partial charge in [-0.2, -0.15) is 5.26 Å². The van der Waals surface area contributed by atoms with Crippen molar-refractivity contribution >= 4 is 33.3 Å². The Morgan fingerprint density at radius 1 is 1.24 bits per heavy atom. The van der Waals surface area contributed by atoms with Crippen LogP contribution in [0.3, 0.4) is 0 Å². The summed E-state index contributed by atoms with van der Waals surface area (Å²) >= 11 is 5.94. The van der Waals surface area contributed by atoms with Gasteiger partial charge in [-0.1, -0.05) is 23.7 Å². The molecule has 38 heavy (non-hydrogen) atoms. The van der Waals surface area contributed by atoms with Gasteiger partial charge in [-0.15, -0.1) is 0 Å². The average Bonchev–Trinajstić information content (AvgIpc) is 3.64. The van der Waals surface area contributed by atoms with Gasteiger partial charge in [0.25, 0.3) is 0 Å². The standard InChI is InChI=1S/C28H32ClFN4O3S/c1-38(36,37)33-11-8-19(9-12-33)18-34(27(35)32-23-5-6-26(30)25(29)15-23)24-7-10-28(16-22(28)14-24)21-4-2-3-20(13-21)17-31/h2-6,13,15,19,22,24H,7-12,14,16,18H2,1H3,(H,32,35)/t22?,24-,28+/m1/s1. The van der Waals surface area contributed by atoms with Crippen molar-refractivity contribution in [2.45, 2.75) is 50.0 Å². The van der Waals surface area contributed by atoms with E-state index in [1.165, 1.54) is 34.3 Å². The fourth-order valence-corrected chi connectivity index (χ4v) is 7.47. The number of nitrogens with zero attached hydrogens (tertiary/aromatic N) is 3. The molecule has 3 atom stereocenters. The number of anilines is 1. The third-order valence-electron chi connectivity index (χ3n) is 8.65. The number of nitriles is 1. The molecule has 3 fully saturated rings. The van der Waals surface area contributed by atoms with Crippen LogP contribution in [0.15, 0.2) is 42.5 Å². The lowest BCUT2D eigenvalue weighted by molar-refractivity contribution is 0.132. The van der Waals surface area contributed by atoms with Crippen LogP contribution in [0, 0.1) is 29.0 Å². The first kappa shape index (κ1) is 26.9. The molecule has 0 bridgehead atoms. The summed E-state index contributed by atoms with van der Waals surface area (Å²) in [5.74, 6) is 0.0866. The SMILES string of the molecule is CS(=O)(=O)N1CCC(CN(C(=O)Nc2ccc(F)c(Cl)c2)[C@@H]2CC[C@@]3(c4cccc(C#N)c4)CC3C2)CC1. The Morgan fingerprint density at radius 2 is 2.00 bits per heavy atom. The van der Waals surface area contributed by atoms with Gasteiger partial charge in [0.15, 0.2) is 0 Å². The lowest BCUT2D eigenvalue weighted by atomic mass is 9.79. The van der Waals surface area contributed by atoms with Crippen LogP contribution in [0.25, 0.3) is 0 Å². The number of piperidine rings is 1. The van der Waals surface area contributed by atoms with E-state index in [1.807, 2.05) is 23.1 Å². The van der Waals surface area contributed by atoms with E-state index in [4.69, 9.17) is 11.6 Å². The van der Waals surface area contributed by atoms with Gasteiger partial charge in [0.1, 0.15) is 5.82 Å². The number of carbonyl (C=O) groups excluding carboxylic acids is 1. The number of sulfonamides is 1. The molecule has 1 heterocycles. The van der Waals surface area contributed by atoms with E-state index in [1.54, 1.807) is 0 Å². The summed E-state index contributed by atoms with van der Waals surface area (Å²) in [6.07, 6.45) is 6.32. The second-order valence-corrected chi connectivity index (χ2v) is 13.4. The van der Waals surface area contributed by atoms with Gasteiger partial charge in [-0.25, -0.2) is 21.9 Å². The summed E-state index contributed by atoms with van der Waals surface area (Å²) < 4.78 is 39.1. The van der Waals surface area contributed by atoms with Crippen LogP contribution in [-0.4, -0.2) is 55.6 Å². The predicted molar refractivity (Wildman–Crippen MR) is 145 cm³/mol.